The summed E-state index contributed by atoms with van der Waals surface area (Å²) in [6.07, 6.45) is -5.29. The maximum Gasteiger partial charge on any atom is 0.389 e. The molecule has 0 amide bonds. The van der Waals surface area contributed by atoms with Gasteiger partial charge in [-0.25, -0.2) is 4.39 Å². The van der Waals surface area contributed by atoms with E-state index in [-0.39, 0.29) is 24.3 Å². The standard InChI is InChI=1S/C12H15F4NO/c1-8(17)11-9(13)4-2-5-10(11)18-7-3-6-12(14,15)16/h2,4-5,8H,3,6-7,17H2,1H3/t8-/m0/s1. The smallest absolute Gasteiger partial charge is 0.389 e. The van der Waals surface area contributed by atoms with Gasteiger partial charge in [-0.1, -0.05) is 6.07 Å². The molecule has 1 aromatic rings. The van der Waals surface area contributed by atoms with Crippen molar-refractivity contribution in [3.63, 3.8) is 0 Å². The van der Waals surface area contributed by atoms with Crippen LogP contribution in [-0.2, 0) is 0 Å². The second kappa shape index (κ2) is 6.04. The Morgan fingerprint density at radius 1 is 1.33 bits per heavy atom. The van der Waals surface area contributed by atoms with Crippen molar-refractivity contribution in [1.82, 2.24) is 0 Å². The molecule has 0 fully saturated rings. The van der Waals surface area contributed by atoms with Gasteiger partial charge in [0, 0.05) is 18.0 Å². The maximum absolute atomic E-state index is 13.5. The Labute approximate surface area is 103 Å². The Balaban J connectivity index is 2.60. The van der Waals surface area contributed by atoms with E-state index >= 15 is 0 Å². The summed E-state index contributed by atoms with van der Waals surface area (Å²) in [5.41, 5.74) is 5.77. The lowest BCUT2D eigenvalue weighted by Crippen LogP contribution is -2.13. The fourth-order valence-corrected chi connectivity index (χ4v) is 1.54. The first kappa shape index (κ1) is 14.8. The fourth-order valence-electron chi connectivity index (χ4n) is 1.54. The number of hydrogen-bond acceptors (Lipinski definition) is 2. The van der Waals surface area contributed by atoms with Crippen LogP contribution in [0.1, 0.15) is 31.4 Å². The van der Waals surface area contributed by atoms with Crippen LogP contribution in [0.5, 0.6) is 5.75 Å². The Bertz CT molecular complexity index is 390. The molecule has 102 valence electrons. The van der Waals surface area contributed by atoms with E-state index in [4.69, 9.17) is 10.5 Å². The molecule has 0 spiro atoms. The SMILES string of the molecule is C[C@H](N)c1c(F)cccc1OCCCC(F)(F)F. The molecule has 6 heteroatoms. The van der Waals surface area contributed by atoms with Crippen molar-refractivity contribution >= 4 is 0 Å². The zero-order valence-electron chi connectivity index (χ0n) is 9.93. The molecular formula is C12H15F4NO. The minimum Gasteiger partial charge on any atom is -0.493 e. The van der Waals surface area contributed by atoms with Crippen molar-refractivity contribution in [3.05, 3.63) is 29.6 Å². The third-order valence-corrected chi connectivity index (χ3v) is 2.33. The number of nitrogens with two attached hydrogens (primary N) is 1. The predicted octanol–water partition coefficient (Wildman–Crippen LogP) is 3.57. The molecular weight excluding hydrogens is 250 g/mol. The van der Waals surface area contributed by atoms with Crippen molar-refractivity contribution < 1.29 is 22.3 Å². The molecule has 0 radical (unpaired) electrons. The zero-order chi connectivity index (χ0) is 13.8. The average Bonchev–Trinajstić information content (AvgIpc) is 2.22. The van der Waals surface area contributed by atoms with Crippen molar-refractivity contribution in [3.8, 4) is 5.75 Å². The Kier molecular flexibility index (Phi) is 4.95. The summed E-state index contributed by atoms with van der Waals surface area (Å²) >= 11 is 0. The largest absolute Gasteiger partial charge is 0.493 e. The van der Waals surface area contributed by atoms with E-state index in [1.165, 1.54) is 18.2 Å². The summed E-state index contributed by atoms with van der Waals surface area (Å²) in [4.78, 5) is 0. The summed E-state index contributed by atoms with van der Waals surface area (Å²) in [6, 6.07) is 3.58. The van der Waals surface area contributed by atoms with E-state index in [2.05, 4.69) is 0 Å². The second-order valence-electron chi connectivity index (χ2n) is 4.01. The van der Waals surface area contributed by atoms with Gasteiger partial charge >= 0.3 is 6.18 Å². The third kappa shape index (κ3) is 4.52. The number of ether oxygens (including phenoxy) is 1. The van der Waals surface area contributed by atoms with Crippen LogP contribution >= 0.6 is 0 Å². The van der Waals surface area contributed by atoms with Crippen molar-refractivity contribution in [2.75, 3.05) is 6.61 Å². The topological polar surface area (TPSA) is 35.2 Å². The molecule has 2 N–H and O–H groups in total. The van der Waals surface area contributed by atoms with Crippen LogP contribution in [0.15, 0.2) is 18.2 Å². The Morgan fingerprint density at radius 3 is 2.56 bits per heavy atom. The number of benzene rings is 1. The Hall–Kier alpha value is -1.30. The highest BCUT2D eigenvalue weighted by molar-refractivity contribution is 5.36. The van der Waals surface area contributed by atoms with Gasteiger partial charge in [-0.2, -0.15) is 13.2 Å². The summed E-state index contributed by atoms with van der Waals surface area (Å²) < 4.78 is 54.4. The summed E-state index contributed by atoms with van der Waals surface area (Å²) in [7, 11) is 0. The van der Waals surface area contributed by atoms with Crippen LogP contribution < -0.4 is 10.5 Å². The van der Waals surface area contributed by atoms with Crippen molar-refractivity contribution in [2.45, 2.75) is 32.0 Å². The van der Waals surface area contributed by atoms with Gasteiger partial charge < -0.3 is 10.5 Å². The first-order valence-electron chi connectivity index (χ1n) is 5.55. The number of halogens is 4. The Morgan fingerprint density at radius 2 is 2.00 bits per heavy atom. The molecule has 0 aromatic heterocycles. The minimum atomic E-state index is -4.20. The van der Waals surface area contributed by atoms with Gasteiger partial charge in [0.25, 0.3) is 0 Å². The molecule has 0 bridgehead atoms. The third-order valence-electron chi connectivity index (χ3n) is 2.33. The monoisotopic (exact) mass is 265 g/mol. The maximum atomic E-state index is 13.5. The first-order chi connectivity index (χ1) is 8.31. The van der Waals surface area contributed by atoms with Crippen LogP contribution in [0.3, 0.4) is 0 Å². The van der Waals surface area contributed by atoms with Gasteiger partial charge in [0.15, 0.2) is 0 Å². The molecule has 0 saturated carbocycles. The lowest BCUT2D eigenvalue weighted by molar-refractivity contribution is -0.136. The van der Waals surface area contributed by atoms with Gasteiger partial charge in [-0.15, -0.1) is 0 Å². The highest BCUT2D eigenvalue weighted by Crippen LogP contribution is 2.27. The van der Waals surface area contributed by atoms with E-state index in [0.29, 0.717) is 0 Å². The van der Waals surface area contributed by atoms with E-state index in [1.54, 1.807) is 6.92 Å². The molecule has 18 heavy (non-hydrogen) atoms. The quantitative estimate of drug-likeness (QED) is 0.652. The zero-order valence-corrected chi connectivity index (χ0v) is 9.93. The van der Waals surface area contributed by atoms with Crippen LogP contribution in [0, 0.1) is 5.82 Å². The molecule has 1 atom stereocenters. The van der Waals surface area contributed by atoms with Crippen LogP contribution in [0.25, 0.3) is 0 Å². The molecule has 1 aromatic carbocycles. The number of rotatable bonds is 5. The summed E-state index contributed by atoms with van der Waals surface area (Å²) in [6.45, 7) is 1.46. The van der Waals surface area contributed by atoms with Crippen LogP contribution in [0.4, 0.5) is 17.6 Å². The van der Waals surface area contributed by atoms with Gasteiger partial charge in [0.05, 0.1) is 6.61 Å². The molecule has 0 aliphatic carbocycles. The normalized spacial score (nSPS) is 13.4. The summed E-state index contributed by atoms with van der Waals surface area (Å²) in [5.74, 6) is -0.314. The van der Waals surface area contributed by atoms with Crippen molar-refractivity contribution in [2.24, 2.45) is 5.73 Å². The van der Waals surface area contributed by atoms with Gasteiger partial charge in [0.2, 0.25) is 0 Å². The number of hydrogen-bond donors (Lipinski definition) is 1. The lowest BCUT2D eigenvalue weighted by atomic mass is 10.1. The molecule has 1 rings (SSSR count). The number of alkyl halides is 3. The molecule has 2 nitrogen and oxygen atoms in total. The minimum absolute atomic E-state index is 0.122. The highest BCUT2D eigenvalue weighted by Gasteiger charge is 2.26. The van der Waals surface area contributed by atoms with Gasteiger partial charge in [0.1, 0.15) is 11.6 Å². The van der Waals surface area contributed by atoms with Crippen LogP contribution in [0.2, 0.25) is 0 Å². The van der Waals surface area contributed by atoms with E-state index < -0.39 is 24.5 Å². The molecule has 0 aliphatic heterocycles. The fraction of sp³-hybridized carbons (Fsp3) is 0.500. The van der Waals surface area contributed by atoms with Crippen LogP contribution in [-0.4, -0.2) is 12.8 Å². The highest BCUT2D eigenvalue weighted by atomic mass is 19.4. The van der Waals surface area contributed by atoms with E-state index in [1.807, 2.05) is 0 Å². The van der Waals surface area contributed by atoms with Crippen molar-refractivity contribution in [1.29, 1.82) is 0 Å². The molecule has 0 unspecified atom stereocenters. The average molecular weight is 265 g/mol. The van der Waals surface area contributed by atoms with E-state index in [9.17, 15) is 17.6 Å². The molecule has 0 heterocycles. The van der Waals surface area contributed by atoms with Gasteiger partial charge in [-0.05, 0) is 25.5 Å². The lowest BCUT2D eigenvalue weighted by Gasteiger charge is -2.15. The predicted molar refractivity (Wildman–Crippen MR) is 59.8 cm³/mol. The van der Waals surface area contributed by atoms with E-state index in [0.717, 1.165) is 0 Å². The van der Waals surface area contributed by atoms with Gasteiger partial charge in [-0.3, -0.25) is 0 Å². The first-order valence-corrected chi connectivity index (χ1v) is 5.55. The molecule has 0 saturated heterocycles. The molecule has 0 aliphatic rings. The second-order valence-corrected chi connectivity index (χ2v) is 4.01. The summed E-state index contributed by atoms with van der Waals surface area (Å²) in [5, 5.41) is 0.